The minimum Gasteiger partial charge on any atom is -0.397 e. The number of nitrogen functional groups attached to an aromatic ring is 1. The van der Waals surface area contributed by atoms with Crippen LogP contribution in [0.4, 0.5) is 11.4 Å². The van der Waals surface area contributed by atoms with Crippen molar-refractivity contribution in [2.24, 2.45) is 0 Å². The van der Waals surface area contributed by atoms with E-state index in [1.165, 1.54) is 5.56 Å². The number of aliphatic hydroxyl groups is 1. The fourth-order valence-electron chi connectivity index (χ4n) is 3.71. The molecule has 0 radical (unpaired) electrons. The summed E-state index contributed by atoms with van der Waals surface area (Å²) < 4.78 is 0. The molecule has 0 aliphatic carbocycles. The van der Waals surface area contributed by atoms with Crippen molar-refractivity contribution < 1.29 is 9.90 Å². The average Bonchev–Trinajstić information content (AvgIpc) is 2.88. The van der Waals surface area contributed by atoms with E-state index in [0.717, 1.165) is 39.1 Å². The zero-order valence-electron chi connectivity index (χ0n) is 17.4. The Morgan fingerprint density at radius 3 is 2.38 bits per heavy atom. The average molecular weight is 397 g/mol. The lowest BCUT2D eigenvalue weighted by atomic mass is 10.1. The van der Waals surface area contributed by atoms with Gasteiger partial charge in [-0.3, -0.25) is 14.6 Å². The second-order valence-electron chi connectivity index (χ2n) is 8.46. The topological polar surface area (TPSA) is 81.8 Å². The summed E-state index contributed by atoms with van der Waals surface area (Å²) in [5.41, 5.74) is 8.22. The quantitative estimate of drug-likeness (QED) is 0.654. The Balaban J connectivity index is 1.54. The number of carbonyl (C=O) groups is 1. The van der Waals surface area contributed by atoms with Crippen LogP contribution in [0.15, 0.2) is 48.5 Å². The summed E-state index contributed by atoms with van der Waals surface area (Å²) >= 11 is 0. The molecule has 2 aromatic rings. The Bertz CT molecular complexity index is 814. The number of nitrogens with two attached hydrogens (primary N) is 1. The van der Waals surface area contributed by atoms with E-state index in [1.54, 1.807) is 12.1 Å². The molecule has 0 bridgehead atoms. The number of hydrogen-bond acceptors (Lipinski definition) is 5. The molecule has 1 aliphatic rings. The first-order valence-electron chi connectivity index (χ1n) is 10.2. The number of nitrogens with zero attached hydrogens (tertiary/aromatic N) is 2. The highest BCUT2D eigenvalue weighted by molar-refractivity contribution is 6.05. The lowest BCUT2D eigenvalue weighted by Crippen LogP contribution is -2.40. The summed E-state index contributed by atoms with van der Waals surface area (Å²) in [4.78, 5) is 17.2. The van der Waals surface area contributed by atoms with Gasteiger partial charge in [0.1, 0.15) is 0 Å². The molecule has 6 nitrogen and oxygen atoms in total. The first-order valence-corrected chi connectivity index (χ1v) is 10.2. The molecule has 1 amide bonds. The van der Waals surface area contributed by atoms with Crippen LogP contribution >= 0.6 is 0 Å². The Morgan fingerprint density at radius 2 is 1.69 bits per heavy atom. The van der Waals surface area contributed by atoms with Crippen molar-refractivity contribution in [1.29, 1.82) is 0 Å². The highest BCUT2D eigenvalue weighted by Crippen LogP contribution is 2.18. The second kappa shape index (κ2) is 9.39. The Labute approximate surface area is 173 Å². The molecule has 1 fully saturated rings. The smallest absolute Gasteiger partial charge is 0.255 e. The van der Waals surface area contributed by atoms with Gasteiger partial charge in [0.25, 0.3) is 5.91 Å². The van der Waals surface area contributed by atoms with Crippen LogP contribution in [0.1, 0.15) is 36.2 Å². The van der Waals surface area contributed by atoms with E-state index < -0.39 is 5.60 Å². The van der Waals surface area contributed by atoms with Crippen LogP contribution in [0, 0.1) is 0 Å². The molecule has 6 heteroatoms. The number of para-hydroxylation sites is 2. The van der Waals surface area contributed by atoms with Gasteiger partial charge in [-0.1, -0.05) is 24.3 Å². The van der Waals surface area contributed by atoms with Crippen molar-refractivity contribution in [2.75, 3.05) is 43.8 Å². The van der Waals surface area contributed by atoms with Crippen molar-refractivity contribution >= 4 is 17.3 Å². The van der Waals surface area contributed by atoms with E-state index in [9.17, 15) is 9.90 Å². The number of anilines is 2. The summed E-state index contributed by atoms with van der Waals surface area (Å²) in [5.74, 6) is -0.161. The third kappa shape index (κ3) is 6.56. The molecule has 0 aromatic heterocycles. The zero-order valence-corrected chi connectivity index (χ0v) is 17.4. The molecule has 29 heavy (non-hydrogen) atoms. The number of amides is 1. The van der Waals surface area contributed by atoms with E-state index >= 15 is 0 Å². The first kappa shape index (κ1) is 21.3. The highest BCUT2D eigenvalue weighted by atomic mass is 16.3. The molecule has 156 valence electrons. The second-order valence-corrected chi connectivity index (χ2v) is 8.46. The van der Waals surface area contributed by atoms with Crippen LogP contribution in [-0.2, 0) is 6.54 Å². The molecule has 1 aliphatic heterocycles. The maximum atomic E-state index is 12.5. The Hall–Kier alpha value is -2.41. The molecule has 1 heterocycles. The van der Waals surface area contributed by atoms with Crippen LogP contribution in [0.2, 0.25) is 0 Å². The molecule has 4 N–H and O–H groups in total. The summed E-state index contributed by atoms with van der Waals surface area (Å²) in [7, 11) is 0. The summed E-state index contributed by atoms with van der Waals surface area (Å²) in [6, 6.07) is 15.0. The van der Waals surface area contributed by atoms with Gasteiger partial charge in [-0.25, -0.2) is 0 Å². The van der Waals surface area contributed by atoms with Gasteiger partial charge in [-0.15, -0.1) is 0 Å². The molecule has 2 aromatic carbocycles. The minimum absolute atomic E-state index is 0.161. The standard InChI is InChI=1S/C23H32N4O2/c1-23(2,29)17-27-13-5-12-26(14-15-27)16-18-8-10-19(11-9-18)22(28)25-21-7-4-3-6-20(21)24/h3-4,6-11,29H,5,12-17,24H2,1-2H3,(H,25,28). The summed E-state index contributed by atoms with van der Waals surface area (Å²) in [5, 5.41) is 12.9. The van der Waals surface area contributed by atoms with E-state index in [4.69, 9.17) is 5.73 Å². The zero-order chi connectivity index (χ0) is 20.9. The maximum absolute atomic E-state index is 12.5. The molecular formula is C23H32N4O2. The van der Waals surface area contributed by atoms with E-state index in [2.05, 4.69) is 15.1 Å². The molecule has 3 rings (SSSR count). The number of benzene rings is 2. The van der Waals surface area contributed by atoms with Crippen LogP contribution in [-0.4, -0.2) is 59.1 Å². The third-order valence-electron chi connectivity index (χ3n) is 5.12. The van der Waals surface area contributed by atoms with Gasteiger partial charge < -0.3 is 16.2 Å². The van der Waals surface area contributed by atoms with Gasteiger partial charge in [0.05, 0.1) is 17.0 Å². The summed E-state index contributed by atoms with van der Waals surface area (Å²) in [6.45, 7) is 9.29. The van der Waals surface area contributed by atoms with Crippen molar-refractivity contribution in [3.63, 3.8) is 0 Å². The van der Waals surface area contributed by atoms with E-state index in [1.807, 2.05) is 50.2 Å². The molecule has 0 saturated carbocycles. The first-order chi connectivity index (χ1) is 13.8. The van der Waals surface area contributed by atoms with Crippen molar-refractivity contribution in [3.05, 3.63) is 59.7 Å². The third-order valence-corrected chi connectivity index (χ3v) is 5.12. The fraction of sp³-hybridized carbons (Fsp3) is 0.435. The predicted molar refractivity (Wildman–Crippen MR) is 118 cm³/mol. The summed E-state index contributed by atoms with van der Waals surface area (Å²) in [6.07, 6.45) is 1.09. The van der Waals surface area contributed by atoms with Crippen LogP contribution < -0.4 is 11.1 Å². The monoisotopic (exact) mass is 396 g/mol. The van der Waals surface area contributed by atoms with Gasteiger partial charge in [-0.2, -0.15) is 0 Å². The number of nitrogens with one attached hydrogen (secondary N) is 1. The Kier molecular flexibility index (Phi) is 6.90. The van der Waals surface area contributed by atoms with Gasteiger partial charge in [0.15, 0.2) is 0 Å². The SMILES string of the molecule is CC(C)(O)CN1CCCN(Cc2ccc(C(=O)Nc3ccccc3N)cc2)CC1. The van der Waals surface area contributed by atoms with E-state index in [0.29, 0.717) is 23.5 Å². The molecule has 0 spiro atoms. The lowest BCUT2D eigenvalue weighted by molar-refractivity contribution is 0.0374. The maximum Gasteiger partial charge on any atom is 0.255 e. The molecular weight excluding hydrogens is 364 g/mol. The fourth-order valence-corrected chi connectivity index (χ4v) is 3.71. The molecule has 1 saturated heterocycles. The number of rotatable bonds is 6. The predicted octanol–water partition coefficient (Wildman–Crippen LogP) is 2.80. The van der Waals surface area contributed by atoms with Crippen LogP contribution in [0.25, 0.3) is 0 Å². The van der Waals surface area contributed by atoms with Gasteiger partial charge in [-0.05, 0) is 63.2 Å². The number of hydrogen-bond donors (Lipinski definition) is 3. The van der Waals surface area contributed by atoms with Crippen molar-refractivity contribution in [2.45, 2.75) is 32.4 Å². The lowest BCUT2D eigenvalue weighted by Gasteiger charge is -2.27. The molecule has 0 atom stereocenters. The minimum atomic E-state index is -0.657. The van der Waals surface area contributed by atoms with Gasteiger partial charge in [0.2, 0.25) is 0 Å². The van der Waals surface area contributed by atoms with Gasteiger partial charge in [0, 0.05) is 31.7 Å². The van der Waals surface area contributed by atoms with Crippen LogP contribution in [0.5, 0.6) is 0 Å². The number of carbonyl (C=O) groups excluding carboxylic acids is 1. The largest absolute Gasteiger partial charge is 0.397 e. The van der Waals surface area contributed by atoms with Crippen LogP contribution in [0.3, 0.4) is 0 Å². The van der Waals surface area contributed by atoms with Crippen molar-refractivity contribution in [1.82, 2.24) is 9.80 Å². The normalized spacial score (nSPS) is 16.4. The molecule has 0 unspecified atom stereocenters. The highest BCUT2D eigenvalue weighted by Gasteiger charge is 2.21. The number of β-amino-alcohol motifs (C(OH)–C–C–N with tert-alkyl or cyclic N) is 1. The Morgan fingerprint density at radius 1 is 1.03 bits per heavy atom. The van der Waals surface area contributed by atoms with Crippen molar-refractivity contribution in [3.8, 4) is 0 Å². The van der Waals surface area contributed by atoms with Gasteiger partial charge >= 0.3 is 0 Å². The van der Waals surface area contributed by atoms with E-state index in [-0.39, 0.29) is 5.91 Å².